The van der Waals surface area contributed by atoms with E-state index in [1.54, 1.807) is 0 Å². The normalized spacial score (nSPS) is 31.7. The van der Waals surface area contributed by atoms with Gasteiger partial charge in [-0.05, 0) is 17.9 Å². The molecule has 2 nitrogen and oxygen atoms in total. The molecule has 1 aliphatic rings. The molecule has 0 heterocycles. The lowest BCUT2D eigenvalue weighted by Gasteiger charge is -2.14. The van der Waals surface area contributed by atoms with Crippen LogP contribution in [0.2, 0.25) is 0 Å². The third-order valence-corrected chi connectivity index (χ3v) is 3.17. The van der Waals surface area contributed by atoms with Gasteiger partial charge in [0, 0.05) is 18.6 Å². The Balaban J connectivity index is 2.25. The Morgan fingerprint density at radius 3 is 2.54 bits per heavy atom. The zero-order chi connectivity index (χ0) is 9.31. The first-order valence-electron chi connectivity index (χ1n) is 4.70. The van der Waals surface area contributed by atoms with E-state index in [0.717, 1.165) is 6.42 Å². The topological polar surface area (TPSA) is 46.2 Å². The van der Waals surface area contributed by atoms with Crippen molar-refractivity contribution in [2.45, 2.75) is 11.8 Å². The Morgan fingerprint density at radius 2 is 2.08 bits per heavy atom. The third-order valence-electron chi connectivity index (χ3n) is 3.17. The van der Waals surface area contributed by atoms with Crippen LogP contribution in [0, 0.1) is 5.92 Å². The number of aliphatic hydroxyl groups is 1. The predicted molar refractivity (Wildman–Crippen MR) is 52.4 cm³/mol. The number of rotatable bonds is 3. The van der Waals surface area contributed by atoms with Gasteiger partial charge in [-0.15, -0.1) is 0 Å². The van der Waals surface area contributed by atoms with Crippen molar-refractivity contribution in [2.75, 3.05) is 13.2 Å². The van der Waals surface area contributed by atoms with E-state index >= 15 is 0 Å². The lowest BCUT2D eigenvalue weighted by atomic mass is 9.93. The second-order valence-corrected chi connectivity index (χ2v) is 3.81. The van der Waals surface area contributed by atoms with E-state index < -0.39 is 0 Å². The molecule has 0 aliphatic heterocycles. The van der Waals surface area contributed by atoms with Crippen LogP contribution in [-0.4, -0.2) is 18.3 Å². The van der Waals surface area contributed by atoms with Gasteiger partial charge < -0.3 is 10.8 Å². The van der Waals surface area contributed by atoms with Gasteiger partial charge in [0.05, 0.1) is 0 Å². The van der Waals surface area contributed by atoms with Crippen molar-refractivity contribution < 1.29 is 5.11 Å². The Kier molecular flexibility index (Phi) is 2.10. The summed E-state index contributed by atoms with van der Waals surface area (Å²) in [6.45, 7) is 0.897. The molecule has 0 aromatic heterocycles. The molecule has 0 bridgehead atoms. The highest BCUT2D eigenvalue weighted by atomic mass is 16.3. The molecule has 1 aromatic rings. The molecule has 2 heteroatoms. The summed E-state index contributed by atoms with van der Waals surface area (Å²) in [6, 6.07) is 10.3. The highest BCUT2D eigenvalue weighted by molar-refractivity contribution is 5.34. The average Bonchev–Trinajstić information content (AvgIpc) is 2.94. The molecule has 1 fully saturated rings. The molecule has 1 saturated carbocycles. The summed E-state index contributed by atoms with van der Waals surface area (Å²) in [5.41, 5.74) is 7.11. The first-order valence-corrected chi connectivity index (χ1v) is 4.70. The van der Waals surface area contributed by atoms with Crippen molar-refractivity contribution in [1.82, 2.24) is 0 Å². The average molecular weight is 177 g/mol. The van der Waals surface area contributed by atoms with Crippen LogP contribution in [-0.2, 0) is 5.41 Å². The van der Waals surface area contributed by atoms with E-state index in [4.69, 9.17) is 10.8 Å². The van der Waals surface area contributed by atoms with Crippen LogP contribution < -0.4 is 5.73 Å². The zero-order valence-corrected chi connectivity index (χ0v) is 7.61. The maximum absolute atomic E-state index is 9.08. The van der Waals surface area contributed by atoms with Crippen LogP contribution >= 0.6 is 0 Å². The predicted octanol–water partition coefficient (Wildman–Crippen LogP) is 0.895. The molecule has 2 rings (SSSR count). The quantitative estimate of drug-likeness (QED) is 0.720. The summed E-state index contributed by atoms with van der Waals surface area (Å²) in [5, 5.41) is 9.08. The Labute approximate surface area is 78.4 Å². The molecule has 1 aliphatic carbocycles. The smallest absolute Gasteiger partial charge is 0.0468 e. The van der Waals surface area contributed by atoms with Crippen LogP contribution in [0.25, 0.3) is 0 Å². The van der Waals surface area contributed by atoms with Crippen molar-refractivity contribution in [1.29, 1.82) is 0 Å². The molecule has 1 aromatic carbocycles. The van der Waals surface area contributed by atoms with Gasteiger partial charge in [-0.25, -0.2) is 0 Å². The summed E-state index contributed by atoms with van der Waals surface area (Å²) >= 11 is 0. The monoisotopic (exact) mass is 177 g/mol. The van der Waals surface area contributed by atoms with Gasteiger partial charge in [-0.2, -0.15) is 0 Å². The fourth-order valence-corrected chi connectivity index (χ4v) is 2.11. The SMILES string of the molecule is NC[C@]1(c2ccccc2)CC1CO. The molecular formula is C11H15NO. The summed E-state index contributed by atoms with van der Waals surface area (Å²) in [5.74, 6) is 0.375. The number of nitrogens with two attached hydrogens (primary N) is 1. The molecule has 1 unspecified atom stereocenters. The number of hydrogen-bond donors (Lipinski definition) is 2. The van der Waals surface area contributed by atoms with E-state index in [1.165, 1.54) is 5.56 Å². The lowest BCUT2D eigenvalue weighted by molar-refractivity contribution is 0.264. The molecular weight excluding hydrogens is 162 g/mol. The van der Waals surface area contributed by atoms with E-state index in [0.29, 0.717) is 12.5 Å². The summed E-state index contributed by atoms with van der Waals surface area (Å²) in [7, 11) is 0. The highest BCUT2D eigenvalue weighted by Crippen LogP contribution is 2.52. The minimum atomic E-state index is 0.0794. The molecule has 70 valence electrons. The number of aliphatic hydroxyl groups excluding tert-OH is 1. The maximum Gasteiger partial charge on any atom is 0.0468 e. The van der Waals surface area contributed by atoms with Crippen molar-refractivity contribution >= 4 is 0 Å². The van der Waals surface area contributed by atoms with E-state index in [2.05, 4.69) is 12.1 Å². The second kappa shape index (κ2) is 3.13. The molecule has 0 radical (unpaired) electrons. The van der Waals surface area contributed by atoms with Gasteiger partial charge >= 0.3 is 0 Å². The lowest BCUT2D eigenvalue weighted by Crippen LogP contribution is -2.23. The molecule has 0 spiro atoms. The van der Waals surface area contributed by atoms with Crippen molar-refractivity contribution in [3.8, 4) is 0 Å². The summed E-state index contributed by atoms with van der Waals surface area (Å²) < 4.78 is 0. The molecule has 2 atom stereocenters. The first-order chi connectivity index (χ1) is 6.33. The third kappa shape index (κ3) is 1.26. The minimum absolute atomic E-state index is 0.0794. The Hall–Kier alpha value is -0.860. The van der Waals surface area contributed by atoms with Crippen LogP contribution in [0.5, 0.6) is 0 Å². The van der Waals surface area contributed by atoms with Crippen molar-refractivity contribution in [3.05, 3.63) is 35.9 Å². The van der Waals surface area contributed by atoms with Crippen LogP contribution in [0.4, 0.5) is 0 Å². The molecule has 13 heavy (non-hydrogen) atoms. The van der Waals surface area contributed by atoms with E-state index in [9.17, 15) is 0 Å². The summed E-state index contributed by atoms with van der Waals surface area (Å²) in [4.78, 5) is 0. The Bertz CT molecular complexity index is 285. The fourth-order valence-electron chi connectivity index (χ4n) is 2.11. The van der Waals surface area contributed by atoms with Gasteiger partial charge in [0.25, 0.3) is 0 Å². The number of benzene rings is 1. The van der Waals surface area contributed by atoms with Gasteiger partial charge in [0.15, 0.2) is 0 Å². The second-order valence-electron chi connectivity index (χ2n) is 3.81. The largest absolute Gasteiger partial charge is 0.396 e. The summed E-state index contributed by atoms with van der Waals surface area (Å²) in [6.07, 6.45) is 1.03. The van der Waals surface area contributed by atoms with E-state index in [1.807, 2.05) is 18.2 Å². The Morgan fingerprint density at radius 1 is 1.38 bits per heavy atom. The van der Waals surface area contributed by atoms with Gasteiger partial charge in [-0.3, -0.25) is 0 Å². The molecule has 0 amide bonds. The van der Waals surface area contributed by atoms with Crippen LogP contribution in [0.3, 0.4) is 0 Å². The van der Waals surface area contributed by atoms with Crippen molar-refractivity contribution in [2.24, 2.45) is 11.7 Å². The van der Waals surface area contributed by atoms with Gasteiger partial charge in [0.1, 0.15) is 0 Å². The van der Waals surface area contributed by atoms with Crippen LogP contribution in [0.15, 0.2) is 30.3 Å². The van der Waals surface area contributed by atoms with Crippen LogP contribution in [0.1, 0.15) is 12.0 Å². The standard InChI is InChI=1S/C11H15NO/c12-8-11(6-10(11)7-13)9-4-2-1-3-5-9/h1-5,10,13H,6-8,12H2/t10?,11-/m0/s1. The number of hydrogen-bond acceptors (Lipinski definition) is 2. The van der Waals surface area contributed by atoms with Gasteiger partial charge in [0.2, 0.25) is 0 Å². The highest BCUT2D eigenvalue weighted by Gasteiger charge is 2.53. The molecule has 3 N–H and O–H groups in total. The van der Waals surface area contributed by atoms with E-state index in [-0.39, 0.29) is 12.0 Å². The molecule has 0 saturated heterocycles. The fraction of sp³-hybridized carbons (Fsp3) is 0.455. The van der Waals surface area contributed by atoms with Gasteiger partial charge in [-0.1, -0.05) is 30.3 Å². The minimum Gasteiger partial charge on any atom is -0.396 e. The van der Waals surface area contributed by atoms with Crippen molar-refractivity contribution in [3.63, 3.8) is 0 Å². The maximum atomic E-state index is 9.08. The zero-order valence-electron chi connectivity index (χ0n) is 7.61. The first kappa shape index (κ1) is 8.73.